The Balaban J connectivity index is 2.12. The molecule has 1 aliphatic carbocycles. The number of hydrogen-bond donors (Lipinski definition) is 2. The molecule has 3 nitrogen and oxygen atoms in total. The van der Waals surface area contributed by atoms with Crippen LogP contribution in [0.1, 0.15) is 58.4 Å². The highest BCUT2D eigenvalue weighted by Gasteiger charge is 2.35. The van der Waals surface area contributed by atoms with Crippen LogP contribution in [0, 0.1) is 0 Å². The Kier molecular flexibility index (Phi) is 4.07. The van der Waals surface area contributed by atoms with Gasteiger partial charge in [0.05, 0.1) is 5.41 Å². The van der Waals surface area contributed by atoms with Gasteiger partial charge in [0, 0.05) is 11.2 Å². The third kappa shape index (κ3) is 3.14. The molecule has 0 atom stereocenters. The van der Waals surface area contributed by atoms with E-state index in [0.29, 0.717) is 0 Å². The largest absolute Gasteiger partial charge is 0.399 e. The molecule has 0 spiro atoms. The van der Waals surface area contributed by atoms with E-state index in [9.17, 15) is 4.79 Å². The number of nitrogens with two attached hydrogens (primary N) is 1. The summed E-state index contributed by atoms with van der Waals surface area (Å²) in [5.74, 6) is 0.103. The van der Waals surface area contributed by atoms with Crippen molar-refractivity contribution in [3.8, 4) is 0 Å². The molecule has 1 aromatic rings. The fraction of sp³-hybridized carbons (Fsp3) is 0.588. The zero-order chi connectivity index (χ0) is 14.8. The van der Waals surface area contributed by atoms with Gasteiger partial charge in [-0.25, -0.2) is 0 Å². The van der Waals surface area contributed by atoms with Crippen LogP contribution in [0.2, 0.25) is 0 Å². The van der Waals surface area contributed by atoms with E-state index in [0.717, 1.165) is 24.1 Å². The van der Waals surface area contributed by atoms with Crippen molar-refractivity contribution in [2.24, 2.45) is 0 Å². The lowest BCUT2D eigenvalue weighted by Crippen LogP contribution is -2.52. The summed E-state index contributed by atoms with van der Waals surface area (Å²) in [4.78, 5) is 12.7. The minimum atomic E-state index is -0.534. The number of carbonyl (C=O) groups is 1. The topological polar surface area (TPSA) is 55.1 Å². The molecule has 0 bridgehead atoms. The summed E-state index contributed by atoms with van der Waals surface area (Å²) >= 11 is 0. The Morgan fingerprint density at radius 1 is 1.15 bits per heavy atom. The van der Waals surface area contributed by atoms with E-state index >= 15 is 0 Å². The maximum absolute atomic E-state index is 12.7. The third-order valence-corrected chi connectivity index (χ3v) is 4.57. The molecule has 0 heterocycles. The molecule has 1 aromatic carbocycles. The van der Waals surface area contributed by atoms with Gasteiger partial charge in [0.25, 0.3) is 0 Å². The van der Waals surface area contributed by atoms with Crippen molar-refractivity contribution in [1.29, 1.82) is 0 Å². The SMILES string of the molecule is CC1(NC(=O)C(C)(C)c2ccc(N)cc2)CCCCC1. The zero-order valence-electron chi connectivity index (χ0n) is 12.8. The fourth-order valence-corrected chi connectivity index (χ4v) is 2.92. The maximum Gasteiger partial charge on any atom is 0.230 e. The number of rotatable bonds is 3. The molecule has 3 heteroatoms. The van der Waals surface area contributed by atoms with E-state index in [2.05, 4.69) is 12.2 Å². The molecule has 0 saturated heterocycles. The molecule has 110 valence electrons. The van der Waals surface area contributed by atoms with E-state index < -0.39 is 5.41 Å². The number of anilines is 1. The van der Waals surface area contributed by atoms with Gasteiger partial charge in [0.1, 0.15) is 0 Å². The first-order chi connectivity index (χ1) is 9.33. The van der Waals surface area contributed by atoms with Crippen LogP contribution < -0.4 is 11.1 Å². The molecule has 0 aliphatic heterocycles. The summed E-state index contributed by atoms with van der Waals surface area (Å²) in [7, 11) is 0. The average molecular weight is 274 g/mol. The van der Waals surface area contributed by atoms with Crippen LogP contribution in [-0.2, 0) is 10.2 Å². The van der Waals surface area contributed by atoms with Crippen LogP contribution in [-0.4, -0.2) is 11.4 Å². The lowest BCUT2D eigenvalue weighted by molar-refractivity contribution is -0.127. The molecule has 0 radical (unpaired) electrons. The summed E-state index contributed by atoms with van der Waals surface area (Å²) < 4.78 is 0. The lowest BCUT2D eigenvalue weighted by Gasteiger charge is -2.37. The minimum Gasteiger partial charge on any atom is -0.399 e. The molecule has 1 fully saturated rings. The quantitative estimate of drug-likeness (QED) is 0.830. The van der Waals surface area contributed by atoms with Crippen molar-refractivity contribution in [2.75, 3.05) is 5.73 Å². The summed E-state index contributed by atoms with van der Waals surface area (Å²) in [5, 5.41) is 3.28. The first-order valence-corrected chi connectivity index (χ1v) is 7.52. The van der Waals surface area contributed by atoms with Gasteiger partial charge >= 0.3 is 0 Å². The number of benzene rings is 1. The Morgan fingerprint density at radius 2 is 1.70 bits per heavy atom. The van der Waals surface area contributed by atoms with Crippen LogP contribution in [0.15, 0.2) is 24.3 Å². The van der Waals surface area contributed by atoms with Crippen LogP contribution in [0.3, 0.4) is 0 Å². The van der Waals surface area contributed by atoms with Crippen molar-refractivity contribution in [3.63, 3.8) is 0 Å². The summed E-state index contributed by atoms with van der Waals surface area (Å²) in [6.07, 6.45) is 5.86. The van der Waals surface area contributed by atoms with Gasteiger partial charge < -0.3 is 11.1 Å². The predicted octanol–water partition coefficient (Wildman–Crippen LogP) is 3.39. The molecule has 1 aliphatic rings. The zero-order valence-corrected chi connectivity index (χ0v) is 12.8. The van der Waals surface area contributed by atoms with Crippen LogP contribution in [0.5, 0.6) is 0 Å². The Morgan fingerprint density at radius 3 is 2.25 bits per heavy atom. The Labute approximate surface area is 121 Å². The highest BCUT2D eigenvalue weighted by molar-refractivity contribution is 5.88. The van der Waals surface area contributed by atoms with Crippen molar-refractivity contribution in [2.45, 2.75) is 63.8 Å². The third-order valence-electron chi connectivity index (χ3n) is 4.57. The Hall–Kier alpha value is -1.51. The second kappa shape index (κ2) is 5.47. The average Bonchev–Trinajstić information content (AvgIpc) is 2.39. The molecule has 3 N–H and O–H groups in total. The van der Waals surface area contributed by atoms with Gasteiger partial charge in [-0.2, -0.15) is 0 Å². The van der Waals surface area contributed by atoms with Crippen molar-refractivity contribution in [1.82, 2.24) is 5.32 Å². The summed E-state index contributed by atoms with van der Waals surface area (Å²) in [6.45, 7) is 6.11. The molecule has 20 heavy (non-hydrogen) atoms. The fourth-order valence-electron chi connectivity index (χ4n) is 2.92. The van der Waals surface area contributed by atoms with Crippen LogP contribution in [0.25, 0.3) is 0 Å². The molecule has 1 amide bonds. The molecular formula is C17H26N2O. The van der Waals surface area contributed by atoms with Crippen molar-refractivity contribution in [3.05, 3.63) is 29.8 Å². The number of nitrogen functional groups attached to an aromatic ring is 1. The number of amides is 1. The maximum atomic E-state index is 12.7. The summed E-state index contributed by atoms with van der Waals surface area (Å²) in [5.41, 5.74) is 6.87. The van der Waals surface area contributed by atoms with E-state index in [-0.39, 0.29) is 11.4 Å². The number of carbonyl (C=O) groups excluding carboxylic acids is 1. The standard InChI is InChI=1S/C17H26N2O/c1-16(2,13-7-9-14(18)10-8-13)15(20)19-17(3)11-5-4-6-12-17/h7-10H,4-6,11-12,18H2,1-3H3,(H,19,20). The van der Waals surface area contributed by atoms with Gasteiger partial charge in [0.15, 0.2) is 0 Å². The van der Waals surface area contributed by atoms with Crippen molar-refractivity contribution >= 4 is 11.6 Å². The molecular weight excluding hydrogens is 248 g/mol. The first-order valence-electron chi connectivity index (χ1n) is 7.52. The normalized spacial score (nSPS) is 18.6. The van der Waals surface area contributed by atoms with Gasteiger partial charge in [0.2, 0.25) is 5.91 Å². The van der Waals surface area contributed by atoms with Crippen LogP contribution in [0.4, 0.5) is 5.69 Å². The van der Waals surface area contributed by atoms with E-state index in [4.69, 9.17) is 5.73 Å². The van der Waals surface area contributed by atoms with E-state index in [1.807, 2.05) is 38.1 Å². The highest BCUT2D eigenvalue weighted by Crippen LogP contribution is 2.30. The van der Waals surface area contributed by atoms with Crippen molar-refractivity contribution < 1.29 is 4.79 Å². The van der Waals surface area contributed by atoms with E-state index in [1.54, 1.807) is 0 Å². The van der Waals surface area contributed by atoms with Gasteiger partial charge in [-0.15, -0.1) is 0 Å². The van der Waals surface area contributed by atoms with Gasteiger partial charge in [-0.05, 0) is 51.3 Å². The van der Waals surface area contributed by atoms with Crippen LogP contribution >= 0.6 is 0 Å². The summed E-state index contributed by atoms with van der Waals surface area (Å²) in [6, 6.07) is 7.59. The van der Waals surface area contributed by atoms with Gasteiger partial charge in [-0.3, -0.25) is 4.79 Å². The molecule has 1 saturated carbocycles. The molecule has 0 unspecified atom stereocenters. The highest BCUT2D eigenvalue weighted by atomic mass is 16.2. The minimum absolute atomic E-state index is 0.0413. The smallest absolute Gasteiger partial charge is 0.230 e. The number of hydrogen-bond acceptors (Lipinski definition) is 2. The molecule has 2 rings (SSSR count). The molecule has 0 aromatic heterocycles. The monoisotopic (exact) mass is 274 g/mol. The Bertz CT molecular complexity index is 470. The second-order valence-corrected chi connectivity index (χ2v) is 6.82. The number of nitrogens with one attached hydrogen (secondary N) is 1. The second-order valence-electron chi connectivity index (χ2n) is 6.82. The predicted molar refractivity (Wildman–Crippen MR) is 83.5 cm³/mol. The van der Waals surface area contributed by atoms with Gasteiger partial charge in [-0.1, -0.05) is 31.4 Å². The van der Waals surface area contributed by atoms with E-state index in [1.165, 1.54) is 19.3 Å². The first kappa shape index (κ1) is 14.9. The lowest BCUT2D eigenvalue weighted by atomic mass is 9.79.